The van der Waals surface area contributed by atoms with E-state index in [1.807, 2.05) is 0 Å². The summed E-state index contributed by atoms with van der Waals surface area (Å²) in [4.78, 5) is 10.7. The molecule has 0 atom stereocenters. The van der Waals surface area contributed by atoms with E-state index < -0.39 is 0 Å². The van der Waals surface area contributed by atoms with E-state index in [4.69, 9.17) is 9.97 Å². The second-order valence-corrected chi connectivity index (χ2v) is 13.2. The molecule has 2 aromatic heterocycles. The first kappa shape index (κ1) is 26.7. The van der Waals surface area contributed by atoms with E-state index in [9.17, 15) is 0 Å². The monoisotopic (exact) mass is 603 g/mol. The van der Waals surface area contributed by atoms with Gasteiger partial charge < -0.3 is 0 Å². The second kappa shape index (κ2) is 10.2. The molecule has 0 aliphatic heterocycles. The van der Waals surface area contributed by atoms with Gasteiger partial charge in [0.2, 0.25) is 5.95 Å². The van der Waals surface area contributed by atoms with Gasteiger partial charge in [-0.3, -0.25) is 4.57 Å². The van der Waals surface area contributed by atoms with Gasteiger partial charge in [-0.05, 0) is 52.6 Å². The average molecular weight is 604 g/mol. The van der Waals surface area contributed by atoms with E-state index in [0.717, 1.165) is 28.0 Å². The molecular weight excluding hydrogens is 571 g/mol. The minimum Gasteiger partial charge on any atom is -0.277 e. The molecule has 10 rings (SSSR count). The molecule has 0 amide bonds. The zero-order chi connectivity index (χ0) is 31.0. The van der Waals surface area contributed by atoms with Crippen LogP contribution in [0.25, 0.3) is 72.2 Å². The van der Waals surface area contributed by atoms with Crippen molar-refractivity contribution >= 4 is 32.6 Å². The largest absolute Gasteiger partial charge is 0.277 e. The molecule has 2 aliphatic carbocycles. The molecule has 3 heteroatoms. The first-order valence-electron chi connectivity index (χ1n) is 16.9. The third-order valence-electron chi connectivity index (χ3n) is 10.8. The van der Waals surface area contributed by atoms with Crippen LogP contribution in [0, 0.1) is 0 Å². The molecule has 0 N–H and O–H groups in total. The summed E-state index contributed by atoms with van der Waals surface area (Å²) in [6.45, 7) is 0. The molecule has 0 bridgehead atoms. The van der Waals surface area contributed by atoms with Gasteiger partial charge in [-0.2, -0.15) is 0 Å². The average Bonchev–Trinajstić information content (AvgIpc) is 3.63. The molecule has 8 aromatic rings. The van der Waals surface area contributed by atoms with Crippen molar-refractivity contribution in [2.45, 2.75) is 37.5 Å². The van der Waals surface area contributed by atoms with E-state index >= 15 is 0 Å². The Bertz CT molecular complexity index is 2430. The Morgan fingerprint density at radius 1 is 0.532 bits per heavy atom. The van der Waals surface area contributed by atoms with Gasteiger partial charge in [0.25, 0.3) is 0 Å². The molecule has 6 aromatic carbocycles. The smallest absolute Gasteiger partial charge is 0.235 e. The Morgan fingerprint density at radius 2 is 1.11 bits per heavy atom. The maximum atomic E-state index is 5.37. The molecule has 0 radical (unpaired) electrons. The topological polar surface area (TPSA) is 30.7 Å². The lowest BCUT2D eigenvalue weighted by atomic mass is 9.66. The number of fused-ring (bicyclic) bond motifs is 12. The van der Waals surface area contributed by atoms with Crippen LogP contribution in [0.5, 0.6) is 0 Å². The van der Waals surface area contributed by atoms with Crippen molar-refractivity contribution < 1.29 is 0 Å². The fourth-order valence-electron chi connectivity index (χ4n) is 8.86. The molecule has 1 fully saturated rings. The van der Waals surface area contributed by atoms with Crippen LogP contribution in [0.15, 0.2) is 140 Å². The van der Waals surface area contributed by atoms with Crippen molar-refractivity contribution in [2.24, 2.45) is 0 Å². The second-order valence-electron chi connectivity index (χ2n) is 13.2. The number of hydrogen-bond donors (Lipinski definition) is 0. The Kier molecular flexibility index (Phi) is 5.80. The van der Waals surface area contributed by atoms with Crippen LogP contribution >= 0.6 is 0 Å². The summed E-state index contributed by atoms with van der Waals surface area (Å²) in [6.07, 6.45) is 6.18. The zero-order valence-electron chi connectivity index (χ0n) is 26.2. The highest BCUT2D eigenvalue weighted by molar-refractivity contribution is 6.25. The highest BCUT2D eigenvalue weighted by Crippen LogP contribution is 2.61. The summed E-state index contributed by atoms with van der Waals surface area (Å²) in [7, 11) is 0. The molecule has 1 spiro atoms. The standard InChI is InChI=1S/C44H33N3/c1-4-16-29(17-5-1)36-28-37(30-18-6-2-7-19-30)46-43(45-36)47-38-25-13-11-23-34(38)40-41-39(31-20-8-9-21-32(31)42(40)47)33-22-10-12-24-35(33)44(41)26-14-3-15-27-44/h1-2,4-13,16-25,28H,3,14-15,26-27H2. The first-order valence-corrected chi connectivity index (χ1v) is 16.9. The van der Waals surface area contributed by atoms with Crippen molar-refractivity contribution in [1.82, 2.24) is 14.5 Å². The summed E-state index contributed by atoms with van der Waals surface area (Å²) in [5.41, 5.74) is 12.2. The minimum absolute atomic E-state index is 0.00333. The Labute approximate surface area is 274 Å². The highest BCUT2D eigenvalue weighted by atomic mass is 15.2. The fourth-order valence-corrected chi connectivity index (χ4v) is 8.86. The predicted molar refractivity (Wildman–Crippen MR) is 194 cm³/mol. The molecule has 2 heterocycles. The summed E-state index contributed by atoms with van der Waals surface area (Å²) in [5.74, 6) is 0.703. The summed E-state index contributed by atoms with van der Waals surface area (Å²) < 4.78 is 2.37. The molecule has 3 nitrogen and oxygen atoms in total. The minimum atomic E-state index is 0.00333. The summed E-state index contributed by atoms with van der Waals surface area (Å²) >= 11 is 0. The van der Waals surface area contributed by atoms with E-state index in [2.05, 4.69) is 144 Å². The number of aromatic nitrogens is 3. The van der Waals surface area contributed by atoms with Gasteiger partial charge in [-0.1, -0.05) is 147 Å². The van der Waals surface area contributed by atoms with Gasteiger partial charge in [-0.25, -0.2) is 9.97 Å². The normalized spacial score (nSPS) is 15.0. The fraction of sp³-hybridized carbons (Fsp3) is 0.136. The number of hydrogen-bond acceptors (Lipinski definition) is 2. The number of benzene rings is 6. The van der Waals surface area contributed by atoms with Crippen molar-refractivity contribution in [1.29, 1.82) is 0 Å². The van der Waals surface area contributed by atoms with Gasteiger partial charge in [-0.15, -0.1) is 0 Å². The van der Waals surface area contributed by atoms with E-state index in [-0.39, 0.29) is 5.41 Å². The molecular formula is C44H33N3. The lowest BCUT2D eigenvalue weighted by Crippen LogP contribution is -2.28. The third kappa shape index (κ3) is 3.80. The Balaban J connectivity index is 1.39. The SMILES string of the molecule is c1ccc(-c2cc(-c3ccccc3)nc(-n3c4ccccc4c4c5c(c6ccccc6c43)-c3ccccc3C53CCCCC3)n2)cc1. The number of para-hydroxylation sites is 1. The van der Waals surface area contributed by atoms with Gasteiger partial charge in [0.1, 0.15) is 0 Å². The van der Waals surface area contributed by atoms with Crippen molar-refractivity contribution in [3.8, 4) is 39.6 Å². The van der Waals surface area contributed by atoms with E-state index in [1.54, 1.807) is 0 Å². The van der Waals surface area contributed by atoms with Crippen LogP contribution < -0.4 is 0 Å². The van der Waals surface area contributed by atoms with Gasteiger partial charge in [0.05, 0.1) is 22.4 Å². The van der Waals surface area contributed by atoms with Crippen LogP contribution in [-0.4, -0.2) is 14.5 Å². The van der Waals surface area contributed by atoms with Gasteiger partial charge in [0, 0.05) is 32.7 Å². The van der Waals surface area contributed by atoms with Crippen molar-refractivity contribution in [3.05, 3.63) is 151 Å². The van der Waals surface area contributed by atoms with E-state index in [1.165, 1.54) is 81.4 Å². The first-order chi connectivity index (χ1) is 23.3. The van der Waals surface area contributed by atoms with Crippen molar-refractivity contribution in [3.63, 3.8) is 0 Å². The molecule has 0 saturated heterocycles. The Hall–Kier alpha value is -5.54. The van der Waals surface area contributed by atoms with Crippen LogP contribution in [-0.2, 0) is 5.41 Å². The predicted octanol–water partition coefficient (Wildman–Crippen LogP) is 11.3. The number of nitrogens with zero attached hydrogens (tertiary/aromatic N) is 3. The zero-order valence-corrected chi connectivity index (χ0v) is 26.2. The lowest BCUT2D eigenvalue weighted by molar-refractivity contribution is 0.355. The molecule has 0 unspecified atom stereocenters. The molecule has 2 aliphatic rings. The van der Waals surface area contributed by atoms with E-state index in [0.29, 0.717) is 5.95 Å². The number of rotatable bonds is 3. The Morgan fingerprint density at radius 3 is 1.81 bits per heavy atom. The summed E-state index contributed by atoms with van der Waals surface area (Å²) in [5, 5.41) is 5.20. The maximum Gasteiger partial charge on any atom is 0.235 e. The lowest BCUT2D eigenvalue weighted by Gasteiger charge is -2.36. The molecule has 47 heavy (non-hydrogen) atoms. The quantitative estimate of drug-likeness (QED) is 0.201. The van der Waals surface area contributed by atoms with Crippen molar-refractivity contribution in [2.75, 3.05) is 0 Å². The van der Waals surface area contributed by atoms with Gasteiger partial charge in [0.15, 0.2) is 0 Å². The van der Waals surface area contributed by atoms with Gasteiger partial charge >= 0.3 is 0 Å². The highest BCUT2D eigenvalue weighted by Gasteiger charge is 2.46. The van der Waals surface area contributed by atoms with Crippen LogP contribution in [0.2, 0.25) is 0 Å². The summed E-state index contributed by atoms with van der Waals surface area (Å²) in [6, 6.07) is 50.3. The molecule has 224 valence electrons. The van der Waals surface area contributed by atoms with Crippen LogP contribution in [0.4, 0.5) is 0 Å². The maximum absolute atomic E-state index is 5.37. The molecule has 1 saturated carbocycles. The third-order valence-corrected chi connectivity index (χ3v) is 10.8. The van der Waals surface area contributed by atoms with Crippen LogP contribution in [0.3, 0.4) is 0 Å². The van der Waals surface area contributed by atoms with Crippen LogP contribution in [0.1, 0.15) is 43.2 Å².